The van der Waals surface area contributed by atoms with Crippen molar-refractivity contribution in [2.24, 2.45) is 0 Å². The fraction of sp³-hybridized carbons (Fsp3) is 0.800. The zero-order valence-electron chi connectivity index (χ0n) is 4.68. The quantitative estimate of drug-likeness (QED) is 0.514. The molecule has 0 saturated heterocycles. The second-order valence-electron chi connectivity index (χ2n) is 1.80. The Morgan fingerprint density at radius 1 is 1.71 bits per heavy atom. The molecule has 0 aromatic carbocycles. The zero-order chi connectivity index (χ0) is 5.91. The fourth-order valence-electron chi connectivity index (χ4n) is 0.0913. The molecule has 0 amide bonds. The molecular formula is C5H11O2. The second kappa shape index (κ2) is 2.28. The molecule has 7 heavy (non-hydrogen) atoms. The van der Waals surface area contributed by atoms with E-state index in [9.17, 15) is 0 Å². The van der Waals surface area contributed by atoms with E-state index in [-0.39, 0.29) is 6.61 Å². The first-order valence-electron chi connectivity index (χ1n) is 2.26. The van der Waals surface area contributed by atoms with Gasteiger partial charge in [-0.3, -0.25) is 0 Å². The number of aliphatic hydroxyl groups is 2. The van der Waals surface area contributed by atoms with Crippen LogP contribution in [-0.4, -0.2) is 22.4 Å². The molecule has 0 aromatic heterocycles. The van der Waals surface area contributed by atoms with Crippen LogP contribution in [0.15, 0.2) is 0 Å². The van der Waals surface area contributed by atoms with Gasteiger partial charge >= 0.3 is 0 Å². The highest BCUT2D eigenvalue weighted by Gasteiger charge is 2.14. The van der Waals surface area contributed by atoms with Crippen LogP contribution < -0.4 is 0 Å². The van der Waals surface area contributed by atoms with Gasteiger partial charge in [-0.1, -0.05) is 6.92 Å². The molecule has 0 aromatic rings. The largest absolute Gasteiger partial charge is 0.393 e. The molecule has 43 valence electrons. The molecule has 0 spiro atoms. The number of hydrogen-bond donors (Lipinski definition) is 2. The molecule has 1 atom stereocenters. The molecule has 0 rings (SSSR count). The minimum absolute atomic E-state index is 0.205. The average Bonchev–Trinajstić information content (AvgIpc) is 1.68. The monoisotopic (exact) mass is 103 g/mol. The van der Waals surface area contributed by atoms with E-state index in [0.717, 1.165) is 0 Å². The summed E-state index contributed by atoms with van der Waals surface area (Å²) < 4.78 is 0. The van der Waals surface area contributed by atoms with Crippen molar-refractivity contribution in [3.05, 3.63) is 6.42 Å². The molecule has 1 unspecified atom stereocenters. The summed E-state index contributed by atoms with van der Waals surface area (Å²) in [6.07, 6.45) is 1.55. The lowest BCUT2D eigenvalue weighted by Crippen LogP contribution is -2.27. The molecule has 1 radical (unpaired) electrons. The standard InChI is InChI=1S/C5H11O2/c1-3-5(2,7)4-6/h3,6-7H,4H2,1-2H3. The SMILES string of the molecule is C[CH]C(C)(O)CO. The smallest absolute Gasteiger partial charge is 0.0878 e. The van der Waals surface area contributed by atoms with Gasteiger partial charge in [0, 0.05) is 0 Å². The summed E-state index contributed by atoms with van der Waals surface area (Å²) in [4.78, 5) is 0. The van der Waals surface area contributed by atoms with Gasteiger partial charge in [0.25, 0.3) is 0 Å². The van der Waals surface area contributed by atoms with Gasteiger partial charge in [-0.2, -0.15) is 0 Å². The van der Waals surface area contributed by atoms with Gasteiger partial charge in [0.05, 0.1) is 12.2 Å². The zero-order valence-corrected chi connectivity index (χ0v) is 4.68. The Bertz CT molecular complexity index is 44.0. The Balaban J connectivity index is 3.36. The van der Waals surface area contributed by atoms with Gasteiger partial charge in [-0.25, -0.2) is 0 Å². The lowest BCUT2D eigenvalue weighted by atomic mass is 10.1. The molecule has 2 N–H and O–H groups in total. The maximum Gasteiger partial charge on any atom is 0.0878 e. The fourth-order valence-corrected chi connectivity index (χ4v) is 0.0913. The van der Waals surface area contributed by atoms with Crippen molar-refractivity contribution >= 4 is 0 Å². The minimum Gasteiger partial charge on any atom is -0.393 e. The van der Waals surface area contributed by atoms with E-state index in [1.165, 1.54) is 0 Å². The summed E-state index contributed by atoms with van der Waals surface area (Å²) >= 11 is 0. The first kappa shape index (κ1) is 6.92. The molecule has 2 heteroatoms. The molecule has 0 aliphatic heterocycles. The Labute approximate surface area is 43.8 Å². The van der Waals surface area contributed by atoms with E-state index >= 15 is 0 Å². The summed E-state index contributed by atoms with van der Waals surface area (Å²) in [6, 6.07) is 0. The highest BCUT2D eigenvalue weighted by atomic mass is 16.3. The molecule has 0 saturated carbocycles. The maximum absolute atomic E-state index is 8.83. The third-order valence-corrected chi connectivity index (χ3v) is 0.942. The summed E-state index contributed by atoms with van der Waals surface area (Å²) in [5.41, 5.74) is -0.986. The molecule has 0 heterocycles. The highest BCUT2D eigenvalue weighted by molar-refractivity contribution is 4.83. The van der Waals surface area contributed by atoms with Gasteiger partial charge in [0.1, 0.15) is 0 Å². The average molecular weight is 103 g/mol. The third-order valence-electron chi connectivity index (χ3n) is 0.942. The minimum atomic E-state index is -0.986. The van der Waals surface area contributed by atoms with Crippen LogP contribution in [0.4, 0.5) is 0 Å². The molecule has 0 aliphatic carbocycles. The topological polar surface area (TPSA) is 40.5 Å². The molecule has 2 nitrogen and oxygen atoms in total. The van der Waals surface area contributed by atoms with Crippen molar-refractivity contribution < 1.29 is 10.2 Å². The van der Waals surface area contributed by atoms with Crippen molar-refractivity contribution in [2.45, 2.75) is 19.4 Å². The second-order valence-corrected chi connectivity index (χ2v) is 1.80. The highest BCUT2D eigenvalue weighted by Crippen LogP contribution is 2.03. The van der Waals surface area contributed by atoms with E-state index in [0.29, 0.717) is 0 Å². The predicted molar refractivity (Wildman–Crippen MR) is 27.7 cm³/mol. The van der Waals surface area contributed by atoms with E-state index in [4.69, 9.17) is 10.2 Å². The van der Waals surface area contributed by atoms with Gasteiger partial charge in [0.15, 0.2) is 0 Å². The van der Waals surface area contributed by atoms with E-state index in [2.05, 4.69) is 0 Å². The van der Waals surface area contributed by atoms with Crippen molar-refractivity contribution in [3.63, 3.8) is 0 Å². The van der Waals surface area contributed by atoms with Gasteiger partial charge in [-0.15, -0.1) is 0 Å². The van der Waals surface area contributed by atoms with Crippen LogP contribution in [0, 0.1) is 6.42 Å². The van der Waals surface area contributed by atoms with E-state index in [1.54, 1.807) is 20.3 Å². The number of aliphatic hydroxyl groups excluding tert-OH is 1. The van der Waals surface area contributed by atoms with Gasteiger partial charge in [0.2, 0.25) is 0 Å². The third kappa shape index (κ3) is 2.60. The lowest BCUT2D eigenvalue weighted by molar-refractivity contribution is 0.0301. The molecule has 0 bridgehead atoms. The van der Waals surface area contributed by atoms with Crippen LogP contribution in [0.25, 0.3) is 0 Å². The van der Waals surface area contributed by atoms with Crippen LogP contribution in [0.1, 0.15) is 13.8 Å². The van der Waals surface area contributed by atoms with Gasteiger partial charge < -0.3 is 10.2 Å². The van der Waals surface area contributed by atoms with E-state index < -0.39 is 5.60 Å². The summed E-state index contributed by atoms with van der Waals surface area (Å²) in [6.45, 7) is 3.05. The van der Waals surface area contributed by atoms with Crippen LogP contribution >= 0.6 is 0 Å². The predicted octanol–water partition coefficient (Wildman–Crippen LogP) is -0.0461. The Morgan fingerprint density at radius 2 is 2.14 bits per heavy atom. The Kier molecular flexibility index (Phi) is 2.26. The van der Waals surface area contributed by atoms with Crippen LogP contribution in [0.3, 0.4) is 0 Å². The van der Waals surface area contributed by atoms with Crippen LogP contribution in [0.5, 0.6) is 0 Å². The first-order valence-corrected chi connectivity index (χ1v) is 2.26. The maximum atomic E-state index is 8.83. The first-order chi connectivity index (χ1) is 3.12. The summed E-state index contributed by atoms with van der Waals surface area (Å²) in [5.74, 6) is 0. The molecule has 0 aliphatic rings. The summed E-state index contributed by atoms with van der Waals surface area (Å²) in [5, 5.41) is 17.1. The summed E-state index contributed by atoms with van der Waals surface area (Å²) in [7, 11) is 0. The lowest BCUT2D eigenvalue weighted by Gasteiger charge is -2.15. The molecular weight excluding hydrogens is 92.1 g/mol. The van der Waals surface area contributed by atoms with Crippen molar-refractivity contribution in [1.29, 1.82) is 0 Å². The van der Waals surface area contributed by atoms with Crippen molar-refractivity contribution in [2.75, 3.05) is 6.61 Å². The Hall–Kier alpha value is -0.0800. The van der Waals surface area contributed by atoms with Crippen LogP contribution in [0.2, 0.25) is 0 Å². The molecule has 0 fully saturated rings. The van der Waals surface area contributed by atoms with Crippen LogP contribution in [-0.2, 0) is 0 Å². The Morgan fingerprint density at radius 3 is 2.14 bits per heavy atom. The normalized spacial score (nSPS) is 18.9. The van der Waals surface area contributed by atoms with Crippen molar-refractivity contribution in [1.82, 2.24) is 0 Å². The van der Waals surface area contributed by atoms with Crippen molar-refractivity contribution in [3.8, 4) is 0 Å². The number of rotatable bonds is 2. The van der Waals surface area contributed by atoms with Gasteiger partial charge in [-0.05, 0) is 13.3 Å². The van der Waals surface area contributed by atoms with E-state index in [1.807, 2.05) is 0 Å². The number of hydrogen-bond acceptors (Lipinski definition) is 2.